The number of hydrogen-bond donors (Lipinski definition) is 0. The molecule has 1 aromatic rings. The monoisotopic (exact) mass is 273 g/mol. The lowest BCUT2D eigenvalue weighted by Gasteiger charge is -2.21. The zero-order chi connectivity index (χ0) is 13.8. The van der Waals surface area contributed by atoms with E-state index in [1.54, 1.807) is 12.1 Å². The first-order chi connectivity index (χ1) is 8.33. The van der Waals surface area contributed by atoms with Crippen molar-refractivity contribution in [2.45, 2.75) is 26.1 Å². The van der Waals surface area contributed by atoms with Crippen LogP contribution in [0.1, 0.15) is 20.3 Å². The van der Waals surface area contributed by atoms with Crippen molar-refractivity contribution < 1.29 is 13.5 Å². The Morgan fingerprint density at radius 1 is 1.39 bits per heavy atom. The zero-order valence-electron chi connectivity index (χ0n) is 10.8. The predicted octanol–water partition coefficient (Wildman–Crippen LogP) is 4.24. The average molecular weight is 273 g/mol. The highest BCUT2D eigenvalue weighted by atomic mass is 31.0. The maximum Gasteiger partial charge on any atom is 0.408 e. The summed E-state index contributed by atoms with van der Waals surface area (Å²) in [6.45, 7) is 4.07. The minimum absolute atomic E-state index is 0.143. The molecule has 0 aromatic heterocycles. The molecule has 0 radical (unpaired) electrons. The number of alkyl halides is 2. The van der Waals surface area contributed by atoms with Crippen molar-refractivity contribution in [1.29, 1.82) is 0 Å². The number of halogens is 2. The summed E-state index contributed by atoms with van der Waals surface area (Å²) in [7, 11) is 3.28. The summed E-state index contributed by atoms with van der Waals surface area (Å²) in [4.78, 5) is 1.99. The quantitative estimate of drug-likeness (QED) is 0.744. The van der Waals surface area contributed by atoms with Crippen molar-refractivity contribution in [2.24, 2.45) is 0 Å². The van der Waals surface area contributed by atoms with Crippen LogP contribution in [-0.2, 0) is 0 Å². The molecule has 18 heavy (non-hydrogen) atoms. The molecule has 0 aliphatic heterocycles. The third-order valence-electron chi connectivity index (χ3n) is 2.51. The van der Waals surface area contributed by atoms with Gasteiger partial charge in [0.1, 0.15) is 5.75 Å². The van der Waals surface area contributed by atoms with Gasteiger partial charge in [0.05, 0.1) is 0 Å². The highest BCUT2D eigenvalue weighted by molar-refractivity contribution is 7.17. The molecule has 1 unspecified atom stereocenters. The number of ether oxygens (including phenoxy) is 1. The van der Waals surface area contributed by atoms with Crippen molar-refractivity contribution in [1.82, 2.24) is 0 Å². The van der Waals surface area contributed by atoms with Crippen LogP contribution in [0.4, 0.5) is 14.5 Å². The molecule has 1 atom stereocenters. The number of allylic oxidation sites excluding steroid dienone is 2. The van der Waals surface area contributed by atoms with Gasteiger partial charge in [-0.05, 0) is 46.8 Å². The van der Waals surface area contributed by atoms with Gasteiger partial charge in [-0.1, -0.05) is 13.0 Å². The van der Waals surface area contributed by atoms with Gasteiger partial charge in [-0.15, -0.1) is 0 Å². The van der Waals surface area contributed by atoms with E-state index in [-0.39, 0.29) is 5.75 Å². The van der Waals surface area contributed by atoms with Crippen LogP contribution in [0.2, 0.25) is 0 Å². The Kier molecular flexibility index (Phi) is 5.09. The second-order valence-electron chi connectivity index (χ2n) is 3.97. The summed E-state index contributed by atoms with van der Waals surface area (Å²) in [5, 5.41) is 0. The molecule has 0 spiro atoms. The van der Waals surface area contributed by atoms with Gasteiger partial charge in [-0.25, -0.2) is 0 Å². The maximum absolute atomic E-state index is 12.6. The van der Waals surface area contributed by atoms with Crippen LogP contribution in [0.5, 0.6) is 5.75 Å². The van der Waals surface area contributed by atoms with E-state index in [1.165, 1.54) is 21.4 Å². The molecule has 0 fully saturated rings. The highest BCUT2D eigenvalue weighted by Gasteiger charge is 2.23. The Morgan fingerprint density at radius 2 is 1.94 bits per heavy atom. The number of nitrogens with zero attached hydrogens (tertiary/aromatic N) is 1. The molecule has 0 amide bonds. The Labute approximate surface area is 109 Å². The second kappa shape index (κ2) is 6.14. The highest BCUT2D eigenvalue weighted by Crippen LogP contribution is 2.28. The Balaban J connectivity index is 2.80. The Hall–Kier alpha value is -1.15. The molecule has 5 heteroatoms. The van der Waals surface area contributed by atoms with Crippen LogP contribution in [0, 0.1) is 0 Å². The Morgan fingerprint density at radius 3 is 2.39 bits per heavy atom. The Bertz CT molecular complexity index is 412. The molecule has 1 rings (SSSR count). The van der Waals surface area contributed by atoms with Crippen molar-refractivity contribution in [3.63, 3.8) is 0 Å². The minimum Gasteiger partial charge on any atom is -0.430 e. The van der Waals surface area contributed by atoms with E-state index in [0.29, 0.717) is 0 Å². The molecule has 2 nitrogen and oxygen atoms in total. The average Bonchev–Trinajstić information content (AvgIpc) is 2.27. The van der Waals surface area contributed by atoms with Gasteiger partial charge >= 0.3 is 5.85 Å². The standard InChI is InChI=1S/C13H18F2NOP/c1-4-5-10(2)16(3)11-6-8-12(9-7-11)17-13(14,15)18/h5-9H,4,18H2,1-3H3/b10-5-. The van der Waals surface area contributed by atoms with Crippen LogP contribution < -0.4 is 9.64 Å². The molecule has 1 aromatic carbocycles. The largest absolute Gasteiger partial charge is 0.430 e. The fourth-order valence-electron chi connectivity index (χ4n) is 1.53. The van der Waals surface area contributed by atoms with Crippen LogP contribution in [0.3, 0.4) is 0 Å². The first kappa shape index (κ1) is 14.9. The maximum atomic E-state index is 12.6. The molecule has 0 saturated heterocycles. The van der Waals surface area contributed by atoms with Gasteiger partial charge < -0.3 is 9.64 Å². The van der Waals surface area contributed by atoms with E-state index in [9.17, 15) is 8.78 Å². The van der Waals surface area contributed by atoms with E-state index in [4.69, 9.17) is 0 Å². The lowest BCUT2D eigenvalue weighted by Crippen LogP contribution is -2.16. The molecular weight excluding hydrogens is 255 g/mol. The van der Waals surface area contributed by atoms with E-state index in [0.717, 1.165) is 17.8 Å². The third kappa shape index (κ3) is 4.61. The van der Waals surface area contributed by atoms with E-state index in [2.05, 4.69) is 17.7 Å². The number of rotatable bonds is 5. The molecule has 100 valence electrons. The summed E-state index contributed by atoms with van der Waals surface area (Å²) in [5.41, 5.74) is 2.04. The number of hydrogen-bond acceptors (Lipinski definition) is 2. The van der Waals surface area contributed by atoms with Crippen molar-refractivity contribution >= 4 is 14.9 Å². The molecular formula is C13H18F2NOP. The van der Waals surface area contributed by atoms with Crippen molar-refractivity contribution in [3.05, 3.63) is 36.0 Å². The first-order valence-corrected chi connectivity index (χ1v) is 6.27. The SMILES string of the molecule is CC/C=C(/C)N(C)c1ccc(OC(F)(F)P)cc1. The fraction of sp³-hybridized carbons (Fsp3) is 0.385. The van der Waals surface area contributed by atoms with Gasteiger partial charge in [-0.2, -0.15) is 8.78 Å². The summed E-state index contributed by atoms with van der Waals surface area (Å²) in [5.74, 6) is -3.09. The second-order valence-corrected chi connectivity index (χ2v) is 4.64. The minimum atomic E-state index is -3.23. The first-order valence-electron chi connectivity index (χ1n) is 5.69. The summed E-state index contributed by atoms with van der Waals surface area (Å²) >= 11 is 0. The van der Waals surface area contributed by atoms with Crippen LogP contribution in [0.25, 0.3) is 0 Å². The molecule has 0 bridgehead atoms. The van der Waals surface area contributed by atoms with Crippen LogP contribution >= 0.6 is 9.24 Å². The molecule has 0 heterocycles. The molecule has 0 aliphatic rings. The van der Waals surface area contributed by atoms with E-state index >= 15 is 0 Å². The summed E-state index contributed by atoms with van der Waals surface area (Å²) in [6, 6.07) is 6.56. The fourth-order valence-corrected chi connectivity index (χ4v) is 1.67. The van der Waals surface area contributed by atoms with Gasteiger partial charge in [0, 0.05) is 18.4 Å². The van der Waals surface area contributed by atoms with Crippen molar-refractivity contribution in [3.8, 4) is 5.75 Å². The normalized spacial score (nSPS) is 12.4. The van der Waals surface area contributed by atoms with Gasteiger partial charge in [-0.3, -0.25) is 0 Å². The van der Waals surface area contributed by atoms with Gasteiger partial charge in [0.15, 0.2) is 0 Å². The number of benzene rings is 1. The zero-order valence-corrected chi connectivity index (χ0v) is 11.9. The lowest BCUT2D eigenvalue weighted by molar-refractivity contribution is -0.0892. The lowest BCUT2D eigenvalue weighted by atomic mass is 10.2. The van der Waals surface area contributed by atoms with Crippen molar-refractivity contribution in [2.75, 3.05) is 11.9 Å². The van der Waals surface area contributed by atoms with Crippen LogP contribution in [0.15, 0.2) is 36.0 Å². The van der Waals surface area contributed by atoms with Gasteiger partial charge in [0.2, 0.25) is 0 Å². The van der Waals surface area contributed by atoms with Gasteiger partial charge in [0.25, 0.3) is 0 Å². The molecule has 0 saturated carbocycles. The molecule has 0 N–H and O–H groups in total. The predicted molar refractivity (Wildman–Crippen MR) is 74.2 cm³/mol. The van der Waals surface area contributed by atoms with E-state index in [1.807, 2.05) is 18.9 Å². The van der Waals surface area contributed by atoms with Crippen LogP contribution in [-0.4, -0.2) is 12.9 Å². The number of anilines is 1. The molecule has 0 aliphatic carbocycles. The van der Waals surface area contributed by atoms with E-state index < -0.39 is 5.85 Å². The third-order valence-corrected chi connectivity index (χ3v) is 2.62. The summed E-state index contributed by atoms with van der Waals surface area (Å²) < 4.78 is 29.7. The summed E-state index contributed by atoms with van der Waals surface area (Å²) in [6.07, 6.45) is 3.05. The smallest absolute Gasteiger partial charge is 0.408 e. The topological polar surface area (TPSA) is 12.5 Å².